The molecule has 0 radical (unpaired) electrons. The van der Waals surface area contributed by atoms with Crippen LogP contribution in [0.4, 0.5) is 13.2 Å². The number of rotatable bonds is 6. The van der Waals surface area contributed by atoms with Gasteiger partial charge in [0.05, 0.1) is 43.8 Å². The molecular formula is C20H16BrF3N6O3. The number of benzene rings is 1. The van der Waals surface area contributed by atoms with Gasteiger partial charge in [0.15, 0.2) is 0 Å². The smallest absolute Gasteiger partial charge is 0.416 e. The van der Waals surface area contributed by atoms with Crippen LogP contribution in [0.25, 0.3) is 17.0 Å². The standard InChI is InChI=1S/C20H16BrF3N6O3/c1-3-33-18(31)12-7-25-30(10-12)19-27-15-8-26-29(16(15)17(28-19)32-2)9-11-4-5-13(21)6-14(11)20(22,23)24/h4-8,10H,3,9H2,1-2H3. The van der Waals surface area contributed by atoms with Gasteiger partial charge in [0.1, 0.15) is 11.0 Å². The summed E-state index contributed by atoms with van der Waals surface area (Å²) < 4.78 is 53.8. The molecule has 9 nitrogen and oxygen atoms in total. The number of methoxy groups -OCH3 is 1. The fraction of sp³-hybridized carbons (Fsp3) is 0.250. The third-order valence-electron chi connectivity index (χ3n) is 4.63. The van der Waals surface area contributed by atoms with Crippen LogP contribution >= 0.6 is 15.9 Å². The molecule has 0 saturated heterocycles. The monoisotopic (exact) mass is 524 g/mol. The molecule has 0 bridgehead atoms. The quantitative estimate of drug-likeness (QED) is 0.351. The first-order chi connectivity index (χ1) is 15.7. The molecule has 33 heavy (non-hydrogen) atoms. The molecule has 0 aliphatic heterocycles. The van der Waals surface area contributed by atoms with Crippen LogP contribution in [-0.4, -0.2) is 49.2 Å². The number of hydrogen-bond donors (Lipinski definition) is 0. The highest BCUT2D eigenvalue weighted by atomic mass is 79.9. The van der Waals surface area contributed by atoms with Gasteiger partial charge in [0.25, 0.3) is 5.95 Å². The summed E-state index contributed by atoms with van der Waals surface area (Å²) in [6.45, 7) is 1.72. The number of aromatic nitrogens is 6. The molecule has 0 amide bonds. The van der Waals surface area contributed by atoms with E-state index in [0.717, 1.165) is 6.07 Å². The van der Waals surface area contributed by atoms with Gasteiger partial charge in [-0.1, -0.05) is 22.0 Å². The maximum Gasteiger partial charge on any atom is 0.416 e. The summed E-state index contributed by atoms with van der Waals surface area (Å²) in [5.41, 5.74) is 0.101. The molecule has 4 aromatic rings. The van der Waals surface area contributed by atoms with Gasteiger partial charge in [0, 0.05) is 10.7 Å². The van der Waals surface area contributed by atoms with Crippen LogP contribution in [-0.2, 0) is 17.5 Å². The molecule has 172 valence electrons. The molecule has 13 heteroatoms. The number of alkyl halides is 3. The van der Waals surface area contributed by atoms with Crippen LogP contribution < -0.4 is 4.74 Å². The van der Waals surface area contributed by atoms with Crippen LogP contribution in [0.1, 0.15) is 28.4 Å². The Labute approximate surface area is 193 Å². The Morgan fingerprint density at radius 3 is 2.67 bits per heavy atom. The molecule has 3 aromatic heterocycles. The predicted molar refractivity (Wildman–Crippen MR) is 113 cm³/mol. The zero-order chi connectivity index (χ0) is 23.8. The van der Waals surface area contributed by atoms with Crippen molar-refractivity contribution < 1.29 is 27.4 Å². The summed E-state index contributed by atoms with van der Waals surface area (Å²) in [7, 11) is 1.37. The fourth-order valence-corrected chi connectivity index (χ4v) is 3.54. The summed E-state index contributed by atoms with van der Waals surface area (Å²) in [6.07, 6.45) is -0.425. The second kappa shape index (κ2) is 8.81. The number of halogens is 4. The van der Waals surface area contributed by atoms with E-state index in [1.165, 1.54) is 47.2 Å². The van der Waals surface area contributed by atoms with Crippen molar-refractivity contribution in [3.63, 3.8) is 0 Å². The minimum absolute atomic E-state index is 0.0213. The lowest BCUT2D eigenvalue weighted by atomic mass is 10.1. The van der Waals surface area contributed by atoms with Crippen LogP contribution in [0.15, 0.2) is 41.3 Å². The number of hydrogen-bond acceptors (Lipinski definition) is 7. The molecule has 0 atom stereocenters. The topological polar surface area (TPSA) is 97.0 Å². The van der Waals surface area contributed by atoms with Crippen molar-refractivity contribution in [3.05, 3.63) is 58.0 Å². The molecule has 0 fully saturated rings. The van der Waals surface area contributed by atoms with Gasteiger partial charge < -0.3 is 9.47 Å². The van der Waals surface area contributed by atoms with Gasteiger partial charge in [-0.2, -0.15) is 28.4 Å². The third kappa shape index (κ3) is 4.53. The number of carbonyl (C=O) groups excluding carboxylic acids is 1. The Hall–Kier alpha value is -3.48. The van der Waals surface area contributed by atoms with Crippen molar-refractivity contribution in [1.29, 1.82) is 0 Å². The second-order valence-electron chi connectivity index (χ2n) is 6.76. The van der Waals surface area contributed by atoms with Crippen molar-refractivity contribution in [2.45, 2.75) is 19.6 Å². The van der Waals surface area contributed by atoms with Crippen LogP contribution in [0, 0.1) is 0 Å². The van der Waals surface area contributed by atoms with Gasteiger partial charge in [-0.3, -0.25) is 4.68 Å². The second-order valence-corrected chi connectivity index (χ2v) is 7.68. The minimum atomic E-state index is -4.54. The Morgan fingerprint density at radius 1 is 1.18 bits per heavy atom. The number of carbonyl (C=O) groups is 1. The van der Waals surface area contributed by atoms with Crippen molar-refractivity contribution in [2.24, 2.45) is 0 Å². The lowest BCUT2D eigenvalue weighted by Crippen LogP contribution is -2.13. The molecule has 0 aliphatic rings. The Bertz CT molecular complexity index is 1330. The first-order valence-electron chi connectivity index (χ1n) is 9.56. The third-order valence-corrected chi connectivity index (χ3v) is 5.13. The maximum atomic E-state index is 13.5. The summed E-state index contributed by atoms with van der Waals surface area (Å²) >= 11 is 3.08. The molecular weight excluding hydrogens is 509 g/mol. The van der Waals surface area contributed by atoms with Crippen molar-refractivity contribution in [3.8, 4) is 11.8 Å². The van der Waals surface area contributed by atoms with Gasteiger partial charge in [-0.25, -0.2) is 14.5 Å². The summed E-state index contributed by atoms with van der Waals surface area (Å²) in [6, 6.07) is 3.93. The predicted octanol–water partition coefficient (Wildman–Crippen LogP) is 4.03. The fourth-order valence-electron chi connectivity index (χ4n) is 3.18. The highest BCUT2D eigenvalue weighted by molar-refractivity contribution is 9.10. The molecule has 4 rings (SSSR count). The largest absolute Gasteiger partial charge is 0.479 e. The van der Waals surface area contributed by atoms with E-state index in [4.69, 9.17) is 9.47 Å². The lowest BCUT2D eigenvalue weighted by Gasteiger charge is -2.14. The molecule has 3 heterocycles. The van der Waals surface area contributed by atoms with E-state index in [2.05, 4.69) is 36.1 Å². The number of fused-ring (bicyclic) bond motifs is 1. The Kier molecular flexibility index (Phi) is 6.06. The van der Waals surface area contributed by atoms with E-state index in [1.54, 1.807) is 6.92 Å². The average molecular weight is 525 g/mol. The van der Waals surface area contributed by atoms with Crippen molar-refractivity contribution in [1.82, 2.24) is 29.5 Å². The van der Waals surface area contributed by atoms with E-state index >= 15 is 0 Å². The van der Waals surface area contributed by atoms with E-state index in [0.29, 0.717) is 15.5 Å². The molecule has 0 unspecified atom stereocenters. The van der Waals surface area contributed by atoms with Gasteiger partial charge in [-0.15, -0.1) is 0 Å². The van der Waals surface area contributed by atoms with Crippen LogP contribution in [0.2, 0.25) is 0 Å². The Balaban J connectivity index is 1.74. The van der Waals surface area contributed by atoms with Gasteiger partial charge in [-0.05, 0) is 24.6 Å². The molecule has 0 aliphatic carbocycles. The zero-order valence-corrected chi connectivity index (χ0v) is 18.9. The minimum Gasteiger partial charge on any atom is -0.479 e. The van der Waals surface area contributed by atoms with Gasteiger partial charge in [0.2, 0.25) is 5.88 Å². The first kappa shape index (κ1) is 22.7. The highest BCUT2D eigenvalue weighted by Gasteiger charge is 2.33. The number of ether oxygens (including phenoxy) is 2. The molecule has 0 saturated carbocycles. The Morgan fingerprint density at radius 2 is 1.97 bits per heavy atom. The molecule has 0 N–H and O–H groups in total. The summed E-state index contributed by atoms with van der Waals surface area (Å²) in [5.74, 6) is -0.361. The highest BCUT2D eigenvalue weighted by Crippen LogP contribution is 2.35. The van der Waals surface area contributed by atoms with Crippen molar-refractivity contribution >= 4 is 32.9 Å². The maximum absolute atomic E-state index is 13.5. The summed E-state index contributed by atoms with van der Waals surface area (Å²) in [4.78, 5) is 20.5. The number of nitrogens with zero attached hydrogens (tertiary/aromatic N) is 6. The van der Waals surface area contributed by atoms with Gasteiger partial charge >= 0.3 is 12.1 Å². The van der Waals surface area contributed by atoms with E-state index in [9.17, 15) is 18.0 Å². The average Bonchev–Trinajstić information content (AvgIpc) is 3.41. The van der Waals surface area contributed by atoms with Crippen LogP contribution in [0.5, 0.6) is 5.88 Å². The molecule has 1 aromatic carbocycles. The van der Waals surface area contributed by atoms with Crippen molar-refractivity contribution in [2.75, 3.05) is 13.7 Å². The van der Waals surface area contributed by atoms with E-state index in [1.807, 2.05) is 0 Å². The SMILES string of the molecule is CCOC(=O)c1cnn(-c2nc(OC)c3c(cnn3Cc3ccc(Br)cc3C(F)(F)F)n2)c1. The lowest BCUT2D eigenvalue weighted by molar-refractivity contribution is -0.138. The van der Waals surface area contributed by atoms with E-state index < -0.39 is 17.7 Å². The molecule has 0 spiro atoms. The van der Waals surface area contributed by atoms with E-state index in [-0.39, 0.29) is 36.1 Å². The summed E-state index contributed by atoms with van der Waals surface area (Å²) in [5, 5.41) is 8.26. The number of esters is 1. The zero-order valence-electron chi connectivity index (χ0n) is 17.3. The first-order valence-corrected chi connectivity index (χ1v) is 10.4. The van der Waals surface area contributed by atoms with Crippen LogP contribution in [0.3, 0.4) is 0 Å². The normalized spacial score (nSPS) is 11.7.